The molecule has 0 aromatic heterocycles. The van der Waals surface area contributed by atoms with Crippen molar-refractivity contribution in [2.24, 2.45) is 4.99 Å². The van der Waals surface area contributed by atoms with Gasteiger partial charge < -0.3 is 15.0 Å². The van der Waals surface area contributed by atoms with Gasteiger partial charge in [0, 0.05) is 44.8 Å². The molecule has 1 saturated heterocycles. The first-order valence-corrected chi connectivity index (χ1v) is 6.92. The summed E-state index contributed by atoms with van der Waals surface area (Å²) in [6.45, 7) is 5.99. The summed E-state index contributed by atoms with van der Waals surface area (Å²) in [5.41, 5.74) is 0. The molecule has 1 N–H and O–H groups in total. The normalized spacial score (nSPS) is 21.0. The van der Waals surface area contributed by atoms with Gasteiger partial charge in [0.1, 0.15) is 0 Å². The molecule has 1 aliphatic heterocycles. The summed E-state index contributed by atoms with van der Waals surface area (Å²) in [6.07, 6.45) is 1.23. The summed E-state index contributed by atoms with van der Waals surface area (Å²) < 4.78 is 5.03. The summed E-state index contributed by atoms with van der Waals surface area (Å²) in [7, 11) is 3.56. The third-order valence-electron chi connectivity index (χ3n) is 2.69. The Hall–Kier alpha value is 0.310. The van der Waals surface area contributed by atoms with Crippen molar-refractivity contribution < 1.29 is 4.74 Å². The Balaban J connectivity index is 0.00000256. The van der Waals surface area contributed by atoms with Gasteiger partial charge in [-0.25, -0.2) is 0 Å². The number of thioether (sulfide) groups is 1. The molecule has 17 heavy (non-hydrogen) atoms. The minimum Gasteiger partial charge on any atom is -0.383 e. The van der Waals surface area contributed by atoms with Gasteiger partial charge in [0.05, 0.1) is 6.61 Å². The van der Waals surface area contributed by atoms with Crippen LogP contribution in [-0.2, 0) is 4.74 Å². The largest absolute Gasteiger partial charge is 0.383 e. The molecule has 4 nitrogen and oxygen atoms in total. The summed E-state index contributed by atoms with van der Waals surface area (Å²) >= 11 is 2.07. The molecule has 1 rings (SSSR count). The predicted octanol–water partition coefficient (Wildman–Crippen LogP) is 1.65. The van der Waals surface area contributed by atoms with Crippen LogP contribution in [0.25, 0.3) is 0 Å². The maximum Gasteiger partial charge on any atom is 0.193 e. The van der Waals surface area contributed by atoms with Crippen LogP contribution >= 0.6 is 35.7 Å². The van der Waals surface area contributed by atoms with E-state index in [1.165, 1.54) is 12.2 Å². The van der Waals surface area contributed by atoms with Crippen LogP contribution in [-0.4, -0.2) is 62.3 Å². The van der Waals surface area contributed by atoms with Crippen molar-refractivity contribution in [1.82, 2.24) is 10.2 Å². The van der Waals surface area contributed by atoms with Gasteiger partial charge in [-0.2, -0.15) is 11.8 Å². The van der Waals surface area contributed by atoms with Crippen molar-refractivity contribution in [1.29, 1.82) is 0 Å². The number of nitrogens with zero attached hydrogens (tertiary/aromatic N) is 2. The van der Waals surface area contributed by atoms with Crippen molar-refractivity contribution in [3.63, 3.8) is 0 Å². The van der Waals surface area contributed by atoms with Gasteiger partial charge in [0.25, 0.3) is 0 Å². The van der Waals surface area contributed by atoms with Crippen LogP contribution in [0.1, 0.15) is 13.3 Å². The maximum absolute atomic E-state index is 5.03. The zero-order chi connectivity index (χ0) is 11.8. The average Bonchev–Trinajstić information content (AvgIpc) is 2.35. The minimum absolute atomic E-state index is 0. The zero-order valence-corrected chi connectivity index (χ0v) is 14.1. The Morgan fingerprint density at radius 2 is 2.35 bits per heavy atom. The molecule has 1 unspecified atom stereocenters. The van der Waals surface area contributed by atoms with E-state index in [9.17, 15) is 0 Å². The summed E-state index contributed by atoms with van der Waals surface area (Å²) in [4.78, 5) is 6.67. The van der Waals surface area contributed by atoms with Crippen LogP contribution in [0.2, 0.25) is 0 Å². The molecule has 0 aromatic rings. The second-order valence-corrected chi connectivity index (χ2v) is 5.22. The molecule has 1 atom stereocenters. The van der Waals surface area contributed by atoms with Crippen LogP contribution in [0.5, 0.6) is 0 Å². The quantitative estimate of drug-likeness (QED) is 0.352. The standard InChI is InChI=1S/C11H23N3OS.HI/c1-4-10-9-14(6-8-16-10)11(12-2)13-5-7-15-3;/h10H,4-9H2,1-3H3,(H,12,13);1H. The molecule has 102 valence electrons. The van der Waals surface area contributed by atoms with Crippen molar-refractivity contribution in [3.8, 4) is 0 Å². The van der Waals surface area contributed by atoms with Crippen LogP contribution in [0.3, 0.4) is 0 Å². The lowest BCUT2D eigenvalue weighted by atomic mass is 10.3. The van der Waals surface area contributed by atoms with Crippen LogP contribution < -0.4 is 5.32 Å². The van der Waals surface area contributed by atoms with E-state index >= 15 is 0 Å². The van der Waals surface area contributed by atoms with Gasteiger partial charge in [-0.3, -0.25) is 4.99 Å². The smallest absolute Gasteiger partial charge is 0.193 e. The number of aliphatic imine (C=N–C) groups is 1. The van der Waals surface area contributed by atoms with Crippen LogP contribution in [0.15, 0.2) is 4.99 Å². The van der Waals surface area contributed by atoms with E-state index in [0.717, 1.165) is 37.5 Å². The third-order valence-corrected chi connectivity index (χ3v) is 4.07. The molecule has 6 heteroatoms. The maximum atomic E-state index is 5.03. The first-order valence-electron chi connectivity index (χ1n) is 5.88. The third kappa shape index (κ3) is 6.15. The Bertz CT molecular complexity index is 229. The zero-order valence-electron chi connectivity index (χ0n) is 10.9. The monoisotopic (exact) mass is 373 g/mol. The van der Waals surface area contributed by atoms with Gasteiger partial charge in [-0.15, -0.1) is 24.0 Å². The summed E-state index contributed by atoms with van der Waals surface area (Å²) in [5.74, 6) is 2.21. The first kappa shape index (κ1) is 17.3. The number of ether oxygens (including phenoxy) is 1. The second kappa shape index (κ2) is 10.3. The summed E-state index contributed by atoms with van der Waals surface area (Å²) in [5, 5.41) is 4.07. The first-order chi connectivity index (χ1) is 7.81. The molecule has 0 bridgehead atoms. The fourth-order valence-electron chi connectivity index (χ4n) is 1.76. The van der Waals surface area contributed by atoms with E-state index in [1.807, 2.05) is 7.05 Å². The molecular weight excluding hydrogens is 349 g/mol. The van der Waals surface area contributed by atoms with E-state index in [2.05, 4.69) is 33.9 Å². The number of hydrogen-bond acceptors (Lipinski definition) is 3. The minimum atomic E-state index is 0. The molecule has 0 spiro atoms. The molecular formula is C11H24IN3OS. The highest BCUT2D eigenvalue weighted by atomic mass is 127. The number of nitrogens with one attached hydrogen (secondary N) is 1. The lowest BCUT2D eigenvalue weighted by molar-refractivity contribution is 0.202. The molecule has 0 radical (unpaired) electrons. The lowest BCUT2D eigenvalue weighted by Gasteiger charge is -2.34. The van der Waals surface area contributed by atoms with E-state index < -0.39 is 0 Å². The number of rotatable bonds is 4. The van der Waals surface area contributed by atoms with E-state index in [1.54, 1.807) is 7.11 Å². The van der Waals surface area contributed by atoms with Crippen molar-refractivity contribution in [2.75, 3.05) is 46.2 Å². The number of hydrogen-bond donors (Lipinski definition) is 1. The highest BCUT2D eigenvalue weighted by Crippen LogP contribution is 2.20. The fraction of sp³-hybridized carbons (Fsp3) is 0.909. The van der Waals surface area contributed by atoms with Crippen molar-refractivity contribution in [3.05, 3.63) is 0 Å². The molecule has 1 heterocycles. The number of halogens is 1. The van der Waals surface area contributed by atoms with E-state index in [-0.39, 0.29) is 24.0 Å². The average molecular weight is 373 g/mol. The SMILES string of the molecule is CCC1CN(C(=NC)NCCOC)CCS1.I. The summed E-state index contributed by atoms with van der Waals surface area (Å²) in [6, 6.07) is 0. The van der Waals surface area contributed by atoms with Gasteiger partial charge >= 0.3 is 0 Å². The van der Waals surface area contributed by atoms with Crippen molar-refractivity contribution in [2.45, 2.75) is 18.6 Å². The van der Waals surface area contributed by atoms with E-state index in [4.69, 9.17) is 4.74 Å². The lowest BCUT2D eigenvalue weighted by Crippen LogP contribution is -2.48. The van der Waals surface area contributed by atoms with Crippen LogP contribution in [0, 0.1) is 0 Å². The highest BCUT2D eigenvalue weighted by Gasteiger charge is 2.20. The highest BCUT2D eigenvalue weighted by molar-refractivity contribution is 14.0. The molecule has 1 fully saturated rings. The Kier molecular flexibility index (Phi) is 10.4. The van der Waals surface area contributed by atoms with E-state index in [0.29, 0.717) is 0 Å². The van der Waals surface area contributed by atoms with Gasteiger partial charge in [0.15, 0.2) is 5.96 Å². The van der Waals surface area contributed by atoms with Gasteiger partial charge in [-0.05, 0) is 6.42 Å². The predicted molar refractivity (Wildman–Crippen MR) is 86.8 cm³/mol. The number of methoxy groups -OCH3 is 1. The Morgan fingerprint density at radius 1 is 1.59 bits per heavy atom. The van der Waals surface area contributed by atoms with Crippen molar-refractivity contribution >= 4 is 41.7 Å². The molecule has 0 aromatic carbocycles. The van der Waals surface area contributed by atoms with Crippen LogP contribution in [0.4, 0.5) is 0 Å². The topological polar surface area (TPSA) is 36.9 Å². The van der Waals surface area contributed by atoms with Gasteiger partial charge in [-0.1, -0.05) is 6.92 Å². The number of guanidine groups is 1. The van der Waals surface area contributed by atoms with Gasteiger partial charge in [0.2, 0.25) is 0 Å². The molecule has 0 aliphatic carbocycles. The molecule has 0 amide bonds. The fourth-order valence-corrected chi connectivity index (χ4v) is 2.94. The Labute approximate surface area is 126 Å². The Morgan fingerprint density at radius 3 is 2.94 bits per heavy atom. The second-order valence-electron chi connectivity index (χ2n) is 3.81. The molecule has 1 aliphatic rings. The molecule has 0 saturated carbocycles.